The Morgan fingerprint density at radius 2 is 1.88 bits per heavy atom. The first kappa shape index (κ1) is 18.1. The fourth-order valence-electron chi connectivity index (χ4n) is 3.92. The summed E-state index contributed by atoms with van der Waals surface area (Å²) >= 11 is 0. The molecule has 3 N–H and O–H groups in total. The molecule has 1 unspecified atom stereocenters. The number of rotatable bonds is 5. The molecule has 3 rings (SSSR count). The van der Waals surface area contributed by atoms with Gasteiger partial charge in [0.15, 0.2) is 0 Å². The van der Waals surface area contributed by atoms with Crippen LogP contribution in [0.5, 0.6) is 0 Å². The highest BCUT2D eigenvalue weighted by Gasteiger charge is 2.36. The van der Waals surface area contributed by atoms with E-state index in [1.165, 1.54) is 0 Å². The highest BCUT2D eigenvalue weighted by atomic mass is 16.3. The van der Waals surface area contributed by atoms with Gasteiger partial charge in [0, 0.05) is 32.0 Å². The van der Waals surface area contributed by atoms with Crippen LogP contribution in [0.25, 0.3) is 0 Å². The first-order valence-electron chi connectivity index (χ1n) is 9.21. The Bertz CT molecular complexity index is 577. The molecule has 7 heteroatoms. The second-order valence-electron chi connectivity index (χ2n) is 7.55. The van der Waals surface area contributed by atoms with Crippen LogP contribution in [0.2, 0.25) is 0 Å². The van der Waals surface area contributed by atoms with Crippen LogP contribution >= 0.6 is 0 Å². The van der Waals surface area contributed by atoms with Gasteiger partial charge >= 0.3 is 0 Å². The summed E-state index contributed by atoms with van der Waals surface area (Å²) < 4.78 is 0. The van der Waals surface area contributed by atoms with Crippen molar-refractivity contribution in [3.05, 3.63) is 18.6 Å². The molecule has 1 saturated heterocycles. The lowest BCUT2D eigenvalue weighted by molar-refractivity contribution is -0.128. The second kappa shape index (κ2) is 7.66. The highest BCUT2D eigenvalue weighted by molar-refractivity contribution is 5.77. The predicted molar refractivity (Wildman–Crippen MR) is 94.1 cm³/mol. The summed E-state index contributed by atoms with van der Waals surface area (Å²) in [7, 11) is 0. The Kier molecular flexibility index (Phi) is 5.54. The van der Waals surface area contributed by atoms with Crippen LogP contribution in [0.4, 0.5) is 5.82 Å². The van der Waals surface area contributed by atoms with Gasteiger partial charge in [-0.05, 0) is 25.7 Å². The molecule has 1 aromatic rings. The lowest BCUT2D eigenvalue weighted by Crippen LogP contribution is -2.55. The maximum atomic E-state index is 12.2. The quantitative estimate of drug-likeness (QED) is 0.735. The molecule has 2 aliphatic rings. The van der Waals surface area contributed by atoms with E-state index >= 15 is 0 Å². The number of nitrogens with zero attached hydrogens (tertiary/aromatic N) is 3. The Hall–Kier alpha value is -1.73. The first-order valence-corrected chi connectivity index (χ1v) is 9.21. The number of aliphatic hydroxyl groups is 2. The van der Waals surface area contributed by atoms with E-state index in [-0.39, 0.29) is 18.9 Å². The summed E-state index contributed by atoms with van der Waals surface area (Å²) in [4.78, 5) is 22.6. The van der Waals surface area contributed by atoms with Crippen molar-refractivity contribution in [1.82, 2.24) is 15.3 Å². The summed E-state index contributed by atoms with van der Waals surface area (Å²) in [5.74, 6) is 0.554. The average Bonchev–Trinajstić information content (AvgIpc) is 2.61. The van der Waals surface area contributed by atoms with Crippen LogP contribution in [0, 0.1) is 0 Å². The molecule has 1 atom stereocenters. The summed E-state index contributed by atoms with van der Waals surface area (Å²) in [5.41, 5.74) is -1.86. The van der Waals surface area contributed by atoms with Crippen LogP contribution in [-0.2, 0) is 4.79 Å². The maximum Gasteiger partial charge on any atom is 0.222 e. The molecule has 0 aromatic carbocycles. The van der Waals surface area contributed by atoms with E-state index in [1.54, 1.807) is 18.6 Å². The minimum atomic E-state index is -0.986. The first-order chi connectivity index (χ1) is 12.0. The van der Waals surface area contributed by atoms with Gasteiger partial charge in [-0.1, -0.05) is 19.3 Å². The Labute approximate surface area is 148 Å². The fraction of sp³-hybridized carbons (Fsp3) is 0.722. The molecular weight excluding hydrogens is 320 g/mol. The van der Waals surface area contributed by atoms with Crippen LogP contribution in [0.1, 0.15) is 51.4 Å². The number of hydrogen-bond acceptors (Lipinski definition) is 6. The molecule has 0 bridgehead atoms. The Balaban J connectivity index is 1.52. The van der Waals surface area contributed by atoms with Gasteiger partial charge in [0.2, 0.25) is 5.91 Å². The second-order valence-corrected chi connectivity index (χ2v) is 7.55. The van der Waals surface area contributed by atoms with Crippen molar-refractivity contribution in [2.45, 2.75) is 62.6 Å². The zero-order valence-electron chi connectivity index (χ0n) is 14.7. The summed E-state index contributed by atoms with van der Waals surface area (Å²) in [6.45, 7) is 1.42. The number of β-amino-alcohol motifs (C(OH)–C–C–N with tert-alkyl or cyclic N) is 1. The highest BCUT2D eigenvalue weighted by Crippen LogP contribution is 2.31. The molecule has 7 nitrogen and oxygen atoms in total. The van der Waals surface area contributed by atoms with Gasteiger partial charge in [0.1, 0.15) is 5.82 Å². The van der Waals surface area contributed by atoms with E-state index in [0.29, 0.717) is 25.8 Å². The SMILES string of the molecule is O=C(CC1(O)CCCCC1)NCC1(O)CCCN(c2cnccn2)C1. The number of aromatic nitrogens is 2. The van der Waals surface area contributed by atoms with Crippen molar-refractivity contribution < 1.29 is 15.0 Å². The molecule has 138 valence electrons. The molecule has 25 heavy (non-hydrogen) atoms. The van der Waals surface area contributed by atoms with Gasteiger partial charge < -0.3 is 20.4 Å². The molecule has 1 aromatic heterocycles. The van der Waals surface area contributed by atoms with Crippen molar-refractivity contribution in [3.63, 3.8) is 0 Å². The van der Waals surface area contributed by atoms with Crippen molar-refractivity contribution >= 4 is 11.7 Å². The third kappa shape index (κ3) is 4.89. The molecule has 1 aliphatic heterocycles. The topological polar surface area (TPSA) is 98.6 Å². The minimum Gasteiger partial charge on any atom is -0.389 e. The van der Waals surface area contributed by atoms with Gasteiger partial charge in [-0.2, -0.15) is 0 Å². The van der Waals surface area contributed by atoms with Crippen molar-refractivity contribution in [3.8, 4) is 0 Å². The number of carbonyl (C=O) groups excluding carboxylic acids is 1. The lowest BCUT2D eigenvalue weighted by atomic mass is 9.82. The molecule has 1 saturated carbocycles. The molecule has 0 radical (unpaired) electrons. The normalized spacial score (nSPS) is 26.2. The lowest BCUT2D eigenvalue weighted by Gasteiger charge is -2.40. The Morgan fingerprint density at radius 3 is 2.60 bits per heavy atom. The third-order valence-electron chi connectivity index (χ3n) is 5.32. The number of hydrogen-bond donors (Lipinski definition) is 3. The van der Waals surface area contributed by atoms with E-state index in [2.05, 4.69) is 15.3 Å². The fourth-order valence-corrected chi connectivity index (χ4v) is 3.92. The van der Waals surface area contributed by atoms with Crippen LogP contribution in [0.3, 0.4) is 0 Å². The van der Waals surface area contributed by atoms with Gasteiger partial charge in [-0.25, -0.2) is 4.98 Å². The maximum absolute atomic E-state index is 12.2. The van der Waals surface area contributed by atoms with E-state index in [1.807, 2.05) is 4.90 Å². The minimum absolute atomic E-state index is 0.122. The number of piperidine rings is 1. The average molecular weight is 348 g/mol. The molecule has 2 heterocycles. The van der Waals surface area contributed by atoms with Crippen molar-refractivity contribution in [2.75, 3.05) is 24.5 Å². The van der Waals surface area contributed by atoms with Gasteiger partial charge in [0.25, 0.3) is 0 Å². The third-order valence-corrected chi connectivity index (χ3v) is 5.32. The van der Waals surface area contributed by atoms with Crippen molar-refractivity contribution in [1.29, 1.82) is 0 Å². The van der Waals surface area contributed by atoms with Crippen LogP contribution in [0.15, 0.2) is 18.6 Å². The zero-order valence-corrected chi connectivity index (χ0v) is 14.7. The van der Waals surface area contributed by atoms with Gasteiger partial charge in [0.05, 0.1) is 23.8 Å². The predicted octanol–water partition coefficient (Wildman–Crippen LogP) is 1.01. The van der Waals surface area contributed by atoms with Gasteiger partial charge in [-0.15, -0.1) is 0 Å². The largest absolute Gasteiger partial charge is 0.389 e. The van der Waals surface area contributed by atoms with E-state index < -0.39 is 11.2 Å². The summed E-state index contributed by atoms with van der Waals surface area (Å²) in [6, 6.07) is 0. The molecule has 0 spiro atoms. The number of amides is 1. The number of nitrogens with one attached hydrogen (secondary N) is 1. The van der Waals surface area contributed by atoms with Gasteiger partial charge in [-0.3, -0.25) is 9.78 Å². The molecule has 2 fully saturated rings. The van der Waals surface area contributed by atoms with E-state index in [4.69, 9.17) is 0 Å². The molecular formula is C18H28N4O3. The smallest absolute Gasteiger partial charge is 0.222 e. The molecule has 1 aliphatic carbocycles. The monoisotopic (exact) mass is 348 g/mol. The molecule has 1 amide bonds. The standard InChI is InChI=1S/C18H28N4O3/c23-16(11-17(24)5-2-1-3-6-17)21-13-18(25)7-4-10-22(14-18)15-12-19-8-9-20-15/h8-9,12,24-25H,1-7,10-11,13-14H2,(H,21,23). The van der Waals surface area contributed by atoms with E-state index in [9.17, 15) is 15.0 Å². The number of carbonyl (C=O) groups is 1. The summed E-state index contributed by atoms with van der Waals surface area (Å²) in [6.07, 6.45) is 11.0. The van der Waals surface area contributed by atoms with E-state index in [0.717, 1.165) is 38.0 Å². The summed E-state index contributed by atoms with van der Waals surface area (Å²) in [5, 5.41) is 24.2. The Morgan fingerprint density at radius 1 is 1.12 bits per heavy atom. The van der Waals surface area contributed by atoms with Crippen molar-refractivity contribution in [2.24, 2.45) is 0 Å². The number of anilines is 1. The zero-order chi connectivity index (χ0) is 17.8. The van der Waals surface area contributed by atoms with Crippen LogP contribution in [-0.4, -0.2) is 56.9 Å². The van der Waals surface area contributed by atoms with Crippen LogP contribution < -0.4 is 10.2 Å².